The molecule has 0 atom stereocenters. The fourth-order valence-corrected chi connectivity index (χ4v) is 2.48. The summed E-state index contributed by atoms with van der Waals surface area (Å²) in [6, 6.07) is 8.68. The van der Waals surface area contributed by atoms with E-state index in [-0.39, 0.29) is 0 Å². The Labute approximate surface area is 123 Å². The van der Waals surface area contributed by atoms with Gasteiger partial charge in [-0.25, -0.2) is 0 Å². The van der Waals surface area contributed by atoms with Crippen molar-refractivity contribution in [1.29, 1.82) is 0 Å². The molecule has 0 radical (unpaired) electrons. The van der Waals surface area contributed by atoms with E-state index in [9.17, 15) is 0 Å². The van der Waals surface area contributed by atoms with E-state index in [4.69, 9.17) is 11.6 Å². The highest BCUT2D eigenvalue weighted by molar-refractivity contribution is 6.30. The molecule has 0 saturated carbocycles. The highest BCUT2D eigenvalue weighted by atomic mass is 35.5. The second-order valence-corrected chi connectivity index (χ2v) is 5.78. The second-order valence-electron chi connectivity index (χ2n) is 5.34. The van der Waals surface area contributed by atoms with Gasteiger partial charge in [-0.15, -0.1) is 0 Å². The Bertz CT molecular complexity index is 311. The number of halogens is 1. The van der Waals surface area contributed by atoms with E-state index in [1.54, 1.807) is 0 Å². The normalized spacial score (nSPS) is 10.9. The molecule has 0 heterocycles. The third-order valence-corrected chi connectivity index (χ3v) is 3.78. The second kappa shape index (κ2) is 10.1. The Morgan fingerprint density at radius 3 is 1.89 bits per heavy atom. The van der Waals surface area contributed by atoms with Crippen molar-refractivity contribution >= 4 is 17.3 Å². The third kappa shape index (κ3) is 7.47. The van der Waals surface area contributed by atoms with Crippen LogP contribution in [0.2, 0.25) is 5.02 Å². The van der Waals surface area contributed by atoms with Crippen molar-refractivity contribution in [2.75, 3.05) is 5.32 Å². The van der Waals surface area contributed by atoms with Crippen molar-refractivity contribution < 1.29 is 0 Å². The van der Waals surface area contributed by atoms with E-state index >= 15 is 0 Å². The monoisotopic (exact) mass is 281 g/mol. The number of rotatable bonds is 10. The van der Waals surface area contributed by atoms with Gasteiger partial charge in [0.2, 0.25) is 0 Å². The molecule has 0 amide bonds. The summed E-state index contributed by atoms with van der Waals surface area (Å²) in [5.74, 6) is 0. The Kier molecular flexibility index (Phi) is 8.73. The van der Waals surface area contributed by atoms with Crippen molar-refractivity contribution in [2.24, 2.45) is 0 Å². The van der Waals surface area contributed by atoms with Gasteiger partial charge in [0, 0.05) is 16.8 Å². The largest absolute Gasteiger partial charge is 0.382 e. The smallest absolute Gasteiger partial charge is 0.0407 e. The summed E-state index contributed by atoms with van der Waals surface area (Å²) >= 11 is 5.93. The Balaban J connectivity index is 2.44. The topological polar surface area (TPSA) is 12.0 Å². The molecule has 19 heavy (non-hydrogen) atoms. The lowest BCUT2D eigenvalue weighted by Gasteiger charge is -2.20. The maximum atomic E-state index is 5.93. The number of benzene rings is 1. The first-order valence-electron chi connectivity index (χ1n) is 7.78. The number of anilines is 1. The highest BCUT2D eigenvalue weighted by Gasteiger charge is 2.08. The Morgan fingerprint density at radius 1 is 0.895 bits per heavy atom. The van der Waals surface area contributed by atoms with Crippen LogP contribution in [0.5, 0.6) is 0 Å². The molecule has 2 heteroatoms. The SMILES string of the molecule is CCCCCC(CCCCC)Nc1ccc(Cl)cc1. The van der Waals surface area contributed by atoms with E-state index < -0.39 is 0 Å². The maximum absolute atomic E-state index is 5.93. The molecule has 108 valence electrons. The van der Waals surface area contributed by atoms with Gasteiger partial charge in [0.05, 0.1) is 0 Å². The molecule has 1 aromatic carbocycles. The maximum Gasteiger partial charge on any atom is 0.0407 e. The van der Waals surface area contributed by atoms with Gasteiger partial charge in [-0.2, -0.15) is 0 Å². The third-order valence-electron chi connectivity index (χ3n) is 3.53. The van der Waals surface area contributed by atoms with Crippen LogP contribution in [0.3, 0.4) is 0 Å². The molecular formula is C17H28ClN. The minimum absolute atomic E-state index is 0.610. The first kappa shape index (κ1) is 16.4. The summed E-state index contributed by atoms with van der Waals surface area (Å²) in [5.41, 5.74) is 1.20. The summed E-state index contributed by atoms with van der Waals surface area (Å²) in [6.45, 7) is 4.53. The fraction of sp³-hybridized carbons (Fsp3) is 0.647. The van der Waals surface area contributed by atoms with E-state index in [0.717, 1.165) is 5.02 Å². The first-order valence-corrected chi connectivity index (χ1v) is 8.16. The minimum atomic E-state index is 0.610. The molecule has 0 unspecified atom stereocenters. The van der Waals surface area contributed by atoms with Gasteiger partial charge in [-0.1, -0.05) is 64.0 Å². The Hall–Kier alpha value is -0.690. The lowest BCUT2D eigenvalue weighted by molar-refractivity contribution is 0.526. The van der Waals surface area contributed by atoms with Crippen molar-refractivity contribution in [3.8, 4) is 0 Å². The first-order chi connectivity index (χ1) is 9.26. The zero-order valence-electron chi connectivity index (χ0n) is 12.4. The average Bonchev–Trinajstić information content (AvgIpc) is 2.41. The van der Waals surface area contributed by atoms with Crippen LogP contribution in [0.15, 0.2) is 24.3 Å². The molecule has 1 aromatic rings. The van der Waals surface area contributed by atoms with E-state index in [2.05, 4.69) is 31.3 Å². The molecule has 0 aromatic heterocycles. The number of hydrogen-bond acceptors (Lipinski definition) is 1. The standard InChI is InChI=1S/C17H28ClN/c1-3-5-7-9-16(10-8-6-4-2)19-17-13-11-15(18)12-14-17/h11-14,16,19H,3-10H2,1-2H3. The predicted octanol–water partition coefficient (Wildman–Crippen LogP) is 6.28. The Morgan fingerprint density at radius 2 is 1.42 bits per heavy atom. The molecular weight excluding hydrogens is 254 g/mol. The van der Waals surface area contributed by atoms with Crippen LogP contribution >= 0.6 is 11.6 Å². The summed E-state index contributed by atoms with van der Waals surface area (Å²) in [5, 5.41) is 4.47. The number of hydrogen-bond donors (Lipinski definition) is 1. The quantitative estimate of drug-likeness (QED) is 0.498. The molecule has 0 aliphatic heterocycles. The van der Waals surface area contributed by atoms with Gasteiger partial charge < -0.3 is 5.32 Å². The minimum Gasteiger partial charge on any atom is -0.382 e. The molecule has 1 rings (SSSR count). The molecule has 1 N–H and O–H groups in total. The van der Waals surface area contributed by atoms with Gasteiger partial charge >= 0.3 is 0 Å². The van der Waals surface area contributed by atoms with Gasteiger partial charge in [0.1, 0.15) is 0 Å². The zero-order valence-corrected chi connectivity index (χ0v) is 13.2. The molecule has 1 nitrogen and oxygen atoms in total. The molecule has 0 fully saturated rings. The highest BCUT2D eigenvalue weighted by Crippen LogP contribution is 2.19. The summed E-state index contributed by atoms with van der Waals surface area (Å²) in [4.78, 5) is 0. The molecule has 0 bridgehead atoms. The molecule has 0 saturated heterocycles. The van der Waals surface area contributed by atoms with Crippen LogP contribution in [0.1, 0.15) is 65.2 Å². The average molecular weight is 282 g/mol. The van der Waals surface area contributed by atoms with Gasteiger partial charge in [-0.05, 0) is 37.1 Å². The van der Waals surface area contributed by atoms with Crippen LogP contribution in [-0.2, 0) is 0 Å². The van der Waals surface area contributed by atoms with Crippen molar-refractivity contribution in [3.63, 3.8) is 0 Å². The fourth-order valence-electron chi connectivity index (χ4n) is 2.35. The van der Waals surface area contributed by atoms with E-state index in [0.29, 0.717) is 6.04 Å². The van der Waals surface area contributed by atoms with Crippen LogP contribution in [0.25, 0.3) is 0 Å². The van der Waals surface area contributed by atoms with Crippen LogP contribution in [0.4, 0.5) is 5.69 Å². The predicted molar refractivity (Wildman–Crippen MR) is 87.1 cm³/mol. The zero-order chi connectivity index (χ0) is 13.9. The number of nitrogens with one attached hydrogen (secondary N) is 1. The van der Waals surface area contributed by atoms with Crippen molar-refractivity contribution in [1.82, 2.24) is 0 Å². The van der Waals surface area contributed by atoms with Gasteiger partial charge in [0.25, 0.3) is 0 Å². The lowest BCUT2D eigenvalue weighted by Crippen LogP contribution is -2.19. The lowest BCUT2D eigenvalue weighted by atomic mass is 10.0. The van der Waals surface area contributed by atoms with E-state index in [1.165, 1.54) is 57.1 Å². The van der Waals surface area contributed by atoms with Crippen LogP contribution < -0.4 is 5.32 Å². The summed E-state index contributed by atoms with van der Waals surface area (Å²) in [7, 11) is 0. The molecule has 0 spiro atoms. The van der Waals surface area contributed by atoms with Crippen molar-refractivity contribution in [2.45, 2.75) is 71.3 Å². The summed E-state index contributed by atoms with van der Waals surface area (Å²) in [6.07, 6.45) is 10.5. The van der Waals surface area contributed by atoms with Gasteiger partial charge in [0.15, 0.2) is 0 Å². The van der Waals surface area contributed by atoms with Crippen LogP contribution in [0, 0.1) is 0 Å². The van der Waals surface area contributed by atoms with Crippen molar-refractivity contribution in [3.05, 3.63) is 29.3 Å². The molecule has 0 aliphatic rings. The van der Waals surface area contributed by atoms with Crippen LogP contribution in [-0.4, -0.2) is 6.04 Å². The number of unbranched alkanes of at least 4 members (excludes halogenated alkanes) is 4. The molecule has 0 aliphatic carbocycles. The van der Waals surface area contributed by atoms with Gasteiger partial charge in [-0.3, -0.25) is 0 Å². The van der Waals surface area contributed by atoms with E-state index in [1.807, 2.05) is 12.1 Å². The summed E-state index contributed by atoms with van der Waals surface area (Å²) < 4.78 is 0.